The molecule has 20 heavy (non-hydrogen) atoms. The molecule has 2 nitrogen and oxygen atoms in total. The average Bonchev–Trinajstić information content (AvgIpc) is 2.37. The Hall–Kier alpha value is -1.80. The summed E-state index contributed by atoms with van der Waals surface area (Å²) in [5.41, 5.74) is 12.6. The van der Waals surface area contributed by atoms with Gasteiger partial charge >= 0.3 is 0 Å². The number of rotatable bonds is 1. The minimum absolute atomic E-state index is 0.0463. The Morgan fingerprint density at radius 3 is 2.40 bits per heavy atom. The first-order chi connectivity index (χ1) is 9.56. The molecule has 2 aromatic carbocycles. The Morgan fingerprint density at radius 1 is 1.05 bits per heavy atom. The lowest BCUT2D eigenvalue weighted by Gasteiger charge is -2.32. The summed E-state index contributed by atoms with van der Waals surface area (Å²) in [7, 11) is 0. The highest BCUT2D eigenvalue weighted by molar-refractivity contribution is 5.43. The van der Waals surface area contributed by atoms with E-state index < -0.39 is 0 Å². The molecule has 104 valence electrons. The van der Waals surface area contributed by atoms with E-state index in [0.29, 0.717) is 0 Å². The lowest BCUT2D eigenvalue weighted by Crippen LogP contribution is -2.25. The van der Waals surface area contributed by atoms with E-state index in [-0.39, 0.29) is 12.1 Å². The molecule has 0 radical (unpaired) electrons. The first kappa shape index (κ1) is 13.2. The van der Waals surface area contributed by atoms with Crippen molar-refractivity contribution >= 4 is 0 Å². The molecule has 2 heteroatoms. The first-order valence-electron chi connectivity index (χ1n) is 7.15. The Morgan fingerprint density at radius 2 is 1.70 bits per heavy atom. The van der Waals surface area contributed by atoms with Crippen LogP contribution in [0.5, 0.6) is 5.75 Å². The summed E-state index contributed by atoms with van der Waals surface area (Å²) < 4.78 is 6.21. The van der Waals surface area contributed by atoms with Gasteiger partial charge in [0.15, 0.2) is 0 Å². The standard InChI is InChI=1S/C18H21NO/c1-11-8-12(2)18(13(3)9-11)17-10-15(19)14-6-4-5-7-16(14)20-17/h4-9,15,17H,10,19H2,1-3H3. The maximum atomic E-state index is 6.32. The third-order valence-electron chi connectivity index (χ3n) is 4.12. The van der Waals surface area contributed by atoms with Crippen LogP contribution in [-0.2, 0) is 0 Å². The van der Waals surface area contributed by atoms with Crippen molar-refractivity contribution in [1.82, 2.24) is 0 Å². The minimum Gasteiger partial charge on any atom is -0.485 e. The van der Waals surface area contributed by atoms with Crippen LogP contribution in [0.3, 0.4) is 0 Å². The van der Waals surface area contributed by atoms with Crippen molar-refractivity contribution in [2.45, 2.75) is 39.3 Å². The second-order valence-corrected chi connectivity index (χ2v) is 5.80. The zero-order valence-electron chi connectivity index (χ0n) is 12.3. The topological polar surface area (TPSA) is 35.2 Å². The molecule has 2 N–H and O–H groups in total. The third kappa shape index (κ3) is 2.20. The summed E-state index contributed by atoms with van der Waals surface area (Å²) in [6, 6.07) is 12.6. The van der Waals surface area contributed by atoms with Crippen LogP contribution in [0.4, 0.5) is 0 Å². The molecule has 1 aliphatic heterocycles. The summed E-state index contributed by atoms with van der Waals surface area (Å²) in [5.74, 6) is 0.927. The fourth-order valence-corrected chi connectivity index (χ4v) is 3.33. The van der Waals surface area contributed by atoms with Gasteiger partial charge in [-0.25, -0.2) is 0 Å². The molecule has 0 aliphatic carbocycles. The van der Waals surface area contributed by atoms with Crippen molar-refractivity contribution < 1.29 is 4.74 Å². The molecule has 0 saturated carbocycles. The van der Waals surface area contributed by atoms with E-state index >= 15 is 0 Å². The van der Waals surface area contributed by atoms with Gasteiger partial charge in [0.05, 0.1) is 0 Å². The number of para-hydroxylation sites is 1. The van der Waals surface area contributed by atoms with Gasteiger partial charge in [0.25, 0.3) is 0 Å². The highest BCUT2D eigenvalue weighted by atomic mass is 16.5. The van der Waals surface area contributed by atoms with Crippen LogP contribution < -0.4 is 10.5 Å². The lowest BCUT2D eigenvalue weighted by atomic mass is 9.88. The second kappa shape index (κ2) is 4.95. The second-order valence-electron chi connectivity index (χ2n) is 5.80. The molecule has 3 rings (SSSR count). The SMILES string of the molecule is Cc1cc(C)c(C2CC(N)c3ccccc3O2)c(C)c1. The molecule has 0 bridgehead atoms. The third-order valence-corrected chi connectivity index (χ3v) is 4.12. The molecule has 0 fully saturated rings. The quantitative estimate of drug-likeness (QED) is 0.843. The fraction of sp³-hybridized carbons (Fsp3) is 0.333. The van der Waals surface area contributed by atoms with Gasteiger partial charge in [-0.2, -0.15) is 0 Å². The summed E-state index contributed by atoms with van der Waals surface area (Å²) in [6.07, 6.45) is 0.891. The van der Waals surface area contributed by atoms with Crippen LogP contribution in [-0.4, -0.2) is 0 Å². The molecule has 0 aromatic heterocycles. The number of hydrogen-bond donors (Lipinski definition) is 1. The van der Waals surface area contributed by atoms with Gasteiger partial charge in [0, 0.05) is 18.0 Å². The highest BCUT2D eigenvalue weighted by Gasteiger charge is 2.28. The van der Waals surface area contributed by atoms with Gasteiger partial charge in [-0.3, -0.25) is 0 Å². The van der Waals surface area contributed by atoms with E-state index in [1.807, 2.05) is 18.2 Å². The maximum Gasteiger partial charge on any atom is 0.126 e. The first-order valence-corrected chi connectivity index (χ1v) is 7.15. The Labute approximate surface area is 120 Å². The van der Waals surface area contributed by atoms with Crippen LogP contribution in [0, 0.1) is 20.8 Å². The van der Waals surface area contributed by atoms with E-state index in [2.05, 4.69) is 39.0 Å². The van der Waals surface area contributed by atoms with E-state index in [4.69, 9.17) is 10.5 Å². The van der Waals surface area contributed by atoms with Crippen molar-refractivity contribution in [2.24, 2.45) is 5.73 Å². The highest BCUT2D eigenvalue weighted by Crippen LogP contribution is 2.41. The number of hydrogen-bond acceptors (Lipinski definition) is 2. The van der Waals surface area contributed by atoms with Crippen molar-refractivity contribution in [1.29, 1.82) is 0 Å². The van der Waals surface area contributed by atoms with Gasteiger partial charge in [-0.1, -0.05) is 35.9 Å². The minimum atomic E-state index is 0.0463. The van der Waals surface area contributed by atoms with E-state index in [1.165, 1.54) is 22.3 Å². The molecular formula is C18H21NO. The number of benzene rings is 2. The van der Waals surface area contributed by atoms with Crippen LogP contribution in [0.25, 0.3) is 0 Å². The van der Waals surface area contributed by atoms with Crippen LogP contribution in [0.1, 0.15) is 46.4 Å². The molecule has 0 amide bonds. The summed E-state index contributed by atoms with van der Waals surface area (Å²) in [4.78, 5) is 0. The zero-order chi connectivity index (χ0) is 14.3. The number of nitrogens with two attached hydrogens (primary N) is 1. The summed E-state index contributed by atoms with van der Waals surface area (Å²) in [6.45, 7) is 6.45. The predicted octanol–water partition coefficient (Wildman–Crippen LogP) is 4.14. The van der Waals surface area contributed by atoms with Crippen molar-refractivity contribution in [3.8, 4) is 5.75 Å². The molecule has 2 unspecified atom stereocenters. The predicted molar refractivity (Wildman–Crippen MR) is 82.0 cm³/mol. The Bertz CT molecular complexity index is 625. The van der Waals surface area contributed by atoms with Crippen LogP contribution in [0.15, 0.2) is 36.4 Å². The largest absolute Gasteiger partial charge is 0.485 e. The molecule has 2 atom stereocenters. The zero-order valence-corrected chi connectivity index (χ0v) is 12.3. The van der Waals surface area contributed by atoms with Gasteiger partial charge in [0.2, 0.25) is 0 Å². The Balaban J connectivity index is 2.02. The molecule has 1 heterocycles. The van der Waals surface area contributed by atoms with Crippen molar-refractivity contribution in [3.05, 3.63) is 64.2 Å². The summed E-state index contributed by atoms with van der Waals surface area (Å²) in [5, 5.41) is 0. The maximum absolute atomic E-state index is 6.32. The van der Waals surface area contributed by atoms with E-state index in [9.17, 15) is 0 Å². The monoisotopic (exact) mass is 267 g/mol. The number of aryl methyl sites for hydroxylation is 3. The smallest absolute Gasteiger partial charge is 0.126 e. The molecule has 0 spiro atoms. The molecule has 1 aliphatic rings. The number of fused-ring (bicyclic) bond motifs is 1. The average molecular weight is 267 g/mol. The van der Waals surface area contributed by atoms with Gasteiger partial charge < -0.3 is 10.5 Å². The molecule has 0 saturated heterocycles. The van der Waals surface area contributed by atoms with Gasteiger partial charge in [-0.15, -0.1) is 0 Å². The van der Waals surface area contributed by atoms with Crippen LogP contribution in [0.2, 0.25) is 0 Å². The number of ether oxygens (including phenoxy) is 1. The van der Waals surface area contributed by atoms with Gasteiger partial charge in [-0.05, 0) is 43.5 Å². The normalized spacial score (nSPS) is 21.2. The molecular weight excluding hydrogens is 246 g/mol. The summed E-state index contributed by atoms with van der Waals surface area (Å²) >= 11 is 0. The van der Waals surface area contributed by atoms with Crippen LogP contribution >= 0.6 is 0 Å². The van der Waals surface area contributed by atoms with E-state index in [0.717, 1.165) is 17.7 Å². The lowest BCUT2D eigenvalue weighted by molar-refractivity contribution is 0.160. The fourth-order valence-electron chi connectivity index (χ4n) is 3.33. The van der Waals surface area contributed by atoms with E-state index in [1.54, 1.807) is 0 Å². The van der Waals surface area contributed by atoms with Crippen molar-refractivity contribution in [3.63, 3.8) is 0 Å². The van der Waals surface area contributed by atoms with Crippen molar-refractivity contribution in [2.75, 3.05) is 0 Å². The van der Waals surface area contributed by atoms with Gasteiger partial charge in [0.1, 0.15) is 11.9 Å². The Kier molecular flexibility index (Phi) is 3.27. The molecule has 2 aromatic rings.